The Morgan fingerprint density at radius 1 is 0.923 bits per heavy atom. The molecule has 0 spiro atoms. The predicted molar refractivity (Wildman–Crippen MR) is 144 cm³/mol. The van der Waals surface area contributed by atoms with E-state index in [4.69, 9.17) is 23.7 Å². The molecule has 0 amide bonds. The van der Waals surface area contributed by atoms with Gasteiger partial charge in [-0.1, -0.05) is 66.7 Å². The number of benzene rings is 3. The average Bonchev–Trinajstić information content (AvgIpc) is 3.32. The Hall–Kier alpha value is -4.14. The number of methoxy groups -OCH3 is 2. The highest BCUT2D eigenvalue weighted by Crippen LogP contribution is 2.48. The van der Waals surface area contributed by atoms with Gasteiger partial charge in [-0.15, -0.1) is 0 Å². The highest BCUT2D eigenvalue weighted by molar-refractivity contribution is 5.56. The van der Waals surface area contributed by atoms with Gasteiger partial charge in [0, 0.05) is 29.3 Å². The lowest BCUT2D eigenvalue weighted by atomic mass is 9.79. The zero-order valence-corrected chi connectivity index (χ0v) is 22.1. The maximum atomic E-state index is 12.2. The van der Waals surface area contributed by atoms with Gasteiger partial charge in [0.05, 0.1) is 20.8 Å². The SMILES string of the molecule is COc1ccccc1C(OC[C@H]1O[C@@H]2C[C@H]1Oc1nc(=O)c(C)cn12)(c1ccccc1)c1ccccc1OC. The van der Waals surface area contributed by atoms with Gasteiger partial charge in [0.2, 0.25) is 0 Å². The Kier molecular flexibility index (Phi) is 6.58. The molecule has 1 fully saturated rings. The van der Waals surface area contributed by atoms with Crippen molar-refractivity contribution in [2.45, 2.75) is 37.4 Å². The lowest BCUT2D eigenvalue weighted by Gasteiger charge is -2.38. The molecule has 200 valence electrons. The van der Waals surface area contributed by atoms with Gasteiger partial charge < -0.3 is 23.7 Å². The third-order valence-corrected chi connectivity index (χ3v) is 7.45. The summed E-state index contributed by atoms with van der Waals surface area (Å²) in [5.41, 5.74) is 1.71. The first-order valence-electron chi connectivity index (χ1n) is 12.9. The van der Waals surface area contributed by atoms with Gasteiger partial charge >= 0.3 is 6.01 Å². The standard InChI is InChI=1S/C31H30N2O6/c1-20-18-33-28-17-26(39-30(33)32-29(20)34)27(38-28)19-37-31(21-11-5-4-6-12-21,22-13-7-9-15-24(22)35-2)23-14-8-10-16-25(23)36-3/h4-16,18,26-28H,17,19H2,1-3H3/t26-,27-,28-/m1/s1. The lowest BCUT2D eigenvalue weighted by Crippen LogP contribution is -2.40. The summed E-state index contributed by atoms with van der Waals surface area (Å²) < 4.78 is 33.1. The maximum Gasteiger partial charge on any atom is 0.302 e. The first kappa shape index (κ1) is 25.2. The molecule has 8 nitrogen and oxygen atoms in total. The Morgan fingerprint density at radius 2 is 1.54 bits per heavy atom. The van der Waals surface area contributed by atoms with E-state index in [2.05, 4.69) is 4.98 Å². The van der Waals surface area contributed by atoms with Crippen molar-refractivity contribution in [2.75, 3.05) is 20.8 Å². The van der Waals surface area contributed by atoms with Crippen LogP contribution in [0.15, 0.2) is 89.9 Å². The van der Waals surface area contributed by atoms with E-state index in [1.165, 1.54) is 0 Å². The van der Waals surface area contributed by atoms with Crippen LogP contribution in [0.25, 0.3) is 0 Å². The molecule has 0 unspecified atom stereocenters. The molecule has 2 bridgehead atoms. The van der Waals surface area contributed by atoms with E-state index in [9.17, 15) is 4.79 Å². The van der Waals surface area contributed by atoms with E-state index in [0.717, 1.165) is 16.7 Å². The number of rotatable bonds is 8. The number of aryl methyl sites for hydroxylation is 1. The molecular formula is C31H30N2O6. The summed E-state index contributed by atoms with van der Waals surface area (Å²) in [7, 11) is 3.31. The third kappa shape index (κ3) is 4.26. The molecule has 4 aromatic rings. The van der Waals surface area contributed by atoms with Gasteiger partial charge in [-0.3, -0.25) is 9.36 Å². The van der Waals surface area contributed by atoms with Gasteiger partial charge in [0.15, 0.2) is 5.60 Å². The van der Waals surface area contributed by atoms with Crippen LogP contribution < -0.4 is 19.8 Å². The number of para-hydroxylation sites is 2. The van der Waals surface area contributed by atoms with Crippen LogP contribution in [0.1, 0.15) is 34.9 Å². The van der Waals surface area contributed by atoms with Crippen molar-refractivity contribution in [2.24, 2.45) is 0 Å². The zero-order valence-electron chi connectivity index (χ0n) is 22.1. The van der Waals surface area contributed by atoms with Gasteiger partial charge in [-0.25, -0.2) is 0 Å². The molecule has 3 atom stereocenters. The number of hydrogen-bond acceptors (Lipinski definition) is 7. The van der Waals surface area contributed by atoms with Crippen molar-refractivity contribution < 1.29 is 23.7 Å². The van der Waals surface area contributed by atoms with Crippen molar-refractivity contribution in [1.29, 1.82) is 0 Å². The summed E-state index contributed by atoms with van der Waals surface area (Å²) >= 11 is 0. The molecule has 1 saturated heterocycles. The van der Waals surface area contributed by atoms with E-state index in [1.807, 2.05) is 78.9 Å². The van der Waals surface area contributed by atoms with Crippen molar-refractivity contribution in [1.82, 2.24) is 9.55 Å². The second-order valence-electron chi connectivity index (χ2n) is 9.70. The molecule has 8 heteroatoms. The van der Waals surface area contributed by atoms with Crippen molar-refractivity contribution in [3.63, 3.8) is 0 Å². The van der Waals surface area contributed by atoms with E-state index in [0.29, 0.717) is 23.5 Å². The largest absolute Gasteiger partial charge is 0.496 e. The van der Waals surface area contributed by atoms with Crippen LogP contribution in [0.2, 0.25) is 0 Å². The van der Waals surface area contributed by atoms with Gasteiger partial charge in [0.1, 0.15) is 29.9 Å². The fourth-order valence-corrected chi connectivity index (χ4v) is 5.57. The molecule has 1 aromatic heterocycles. The van der Waals surface area contributed by atoms with Crippen LogP contribution in [0, 0.1) is 6.92 Å². The summed E-state index contributed by atoms with van der Waals surface area (Å²) in [6.07, 6.45) is 1.37. The minimum atomic E-state index is -1.10. The van der Waals surface area contributed by atoms with Crippen LogP contribution in [-0.2, 0) is 15.1 Å². The fraction of sp³-hybridized carbons (Fsp3) is 0.290. The third-order valence-electron chi connectivity index (χ3n) is 7.45. The zero-order chi connectivity index (χ0) is 27.0. The van der Waals surface area contributed by atoms with E-state index < -0.39 is 11.7 Å². The number of nitrogens with zero attached hydrogens (tertiary/aromatic N) is 2. The van der Waals surface area contributed by atoms with E-state index in [1.54, 1.807) is 31.9 Å². The van der Waals surface area contributed by atoms with Crippen molar-refractivity contribution >= 4 is 0 Å². The Labute approximate surface area is 226 Å². The molecule has 39 heavy (non-hydrogen) atoms. The monoisotopic (exact) mass is 526 g/mol. The predicted octanol–water partition coefficient (Wildman–Crippen LogP) is 4.63. The second kappa shape index (κ2) is 10.2. The minimum absolute atomic E-state index is 0.198. The molecule has 0 N–H and O–H groups in total. The molecule has 3 heterocycles. The van der Waals surface area contributed by atoms with Gasteiger partial charge in [-0.2, -0.15) is 4.98 Å². The minimum Gasteiger partial charge on any atom is -0.496 e. The quantitative estimate of drug-likeness (QED) is 0.310. The molecule has 0 radical (unpaired) electrons. The maximum absolute atomic E-state index is 12.2. The molecule has 2 aliphatic rings. The van der Waals surface area contributed by atoms with Gasteiger partial charge in [0.25, 0.3) is 5.56 Å². The molecular weight excluding hydrogens is 496 g/mol. The number of fused-ring (bicyclic) bond motifs is 4. The second-order valence-corrected chi connectivity index (χ2v) is 9.70. The smallest absolute Gasteiger partial charge is 0.302 e. The average molecular weight is 527 g/mol. The van der Waals surface area contributed by atoms with Crippen molar-refractivity contribution in [3.8, 4) is 17.5 Å². The first-order valence-corrected chi connectivity index (χ1v) is 12.9. The first-order chi connectivity index (χ1) is 19.0. The van der Waals surface area contributed by atoms with E-state index in [-0.39, 0.29) is 30.5 Å². The van der Waals surface area contributed by atoms with Gasteiger partial charge in [-0.05, 0) is 24.6 Å². The van der Waals surface area contributed by atoms with Crippen LogP contribution in [0.4, 0.5) is 0 Å². The summed E-state index contributed by atoms with van der Waals surface area (Å²) in [4.78, 5) is 16.3. The highest BCUT2D eigenvalue weighted by atomic mass is 16.6. The van der Waals surface area contributed by atoms with Crippen LogP contribution in [-0.4, -0.2) is 42.6 Å². The normalized spacial score (nSPS) is 19.7. The summed E-state index contributed by atoms with van der Waals surface area (Å²) in [6.45, 7) is 1.93. The topological polar surface area (TPSA) is 81.0 Å². The number of hydrogen-bond donors (Lipinski definition) is 0. The Bertz CT molecular complexity index is 1490. The van der Waals surface area contributed by atoms with Crippen molar-refractivity contribution in [3.05, 3.63) is 118 Å². The Morgan fingerprint density at radius 3 is 2.18 bits per heavy atom. The summed E-state index contributed by atoms with van der Waals surface area (Å²) in [6, 6.07) is 26.0. The lowest BCUT2D eigenvalue weighted by molar-refractivity contribution is -0.0825. The number of aromatic nitrogens is 2. The van der Waals surface area contributed by atoms with Crippen LogP contribution in [0.3, 0.4) is 0 Å². The molecule has 3 aromatic carbocycles. The van der Waals surface area contributed by atoms with Crippen LogP contribution in [0.5, 0.6) is 17.5 Å². The fourth-order valence-electron chi connectivity index (χ4n) is 5.57. The molecule has 0 aliphatic carbocycles. The number of ether oxygens (including phenoxy) is 5. The molecule has 6 rings (SSSR count). The van der Waals surface area contributed by atoms with Crippen LogP contribution >= 0.6 is 0 Å². The molecule has 0 saturated carbocycles. The van der Waals surface area contributed by atoms with E-state index >= 15 is 0 Å². The summed E-state index contributed by atoms with van der Waals surface area (Å²) in [5.74, 6) is 1.36. The Balaban J connectivity index is 1.45. The molecule has 2 aliphatic heterocycles. The highest BCUT2D eigenvalue weighted by Gasteiger charge is 2.47. The summed E-state index contributed by atoms with van der Waals surface area (Å²) in [5, 5.41) is 0.